The molecule has 1 aromatic carbocycles. The number of nitrogens with zero attached hydrogens (tertiary/aromatic N) is 4. The van der Waals surface area contributed by atoms with Crippen molar-refractivity contribution in [3.63, 3.8) is 0 Å². The number of nitrogens with one attached hydrogen (secondary N) is 1. The summed E-state index contributed by atoms with van der Waals surface area (Å²) in [6.45, 7) is 7.81. The average molecular weight is 530 g/mol. The molecule has 0 saturated carbocycles. The smallest absolute Gasteiger partial charge is 0.333 e. The van der Waals surface area contributed by atoms with Gasteiger partial charge in [-0.15, -0.1) is 11.3 Å². The molecule has 0 radical (unpaired) electrons. The number of carbonyl (C=O) groups is 1. The van der Waals surface area contributed by atoms with Gasteiger partial charge in [0.2, 0.25) is 5.91 Å². The Morgan fingerprint density at radius 3 is 2.54 bits per heavy atom. The minimum Gasteiger partial charge on any atom is -0.496 e. The summed E-state index contributed by atoms with van der Waals surface area (Å²) in [6.07, 6.45) is 0. The van der Waals surface area contributed by atoms with E-state index in [1.54, 1.807) is 20.8 Å². The highest BCUT2D eigenvalue weighted by Crippen LogP contribution is 2.29. The number of thiophene rings is 1. The van der Waals surface area contributed by atoms with Crippen LogP contribution in [0.15, 0.2) is 32.9 Å². The molecule has 10 nitrogen and oxygen atoms in total. The van der Waals surface area contributed by atoms with Crippen LogP contribution in [0.2, 0.25) is 0 Å². The molecule has 196 valence electrons. The first kappa shape index (κ1) is 27.6. The zero-order chi connectivity index (χ0) is 27.7. The van der Waals surface area contributed by atoms with E-state index in [9.17, 15) is 24.0 Å². The largest absolute Gasteiger partial charge is 0.496 e. The second-order valence-corrected chi connectivity index (χ2v) is 10.1. The fourth-order valence-corrected chi connectivity index (χ4v) is 5.04. The molecule has 0 spiro atoms. The Labute approximate surface area is 216 Å². The average Bonchev–Trinajstić information content (AvgIpc) is 3.16. The monoisotopic (exact) mass is 529 g/mol. The number of oxime groups is 1. The van der Waals surface area contributed by atoms with E-state index >= 15 is 0 Å². The molecule has 3 rings (SSSR count). The van der Waals surface area contributed by atoms with E-state index < -0.39 is 28.5 Å². The molecule has 2 heterocycles. The number of amides is 1. The molecule has 0 bridgehead atoms. The second kappa shape index (κ2) is 10.6. The van der Waals surface area contributed by atoms with Gasteiger partial charge in [-0.3, -0.25) is 14.2 Å². The summed E-state index contributed by atoms with van der Waals surface area (Å²) in [5.41, 5.74) is -2.32. The van der Waals surface area contributed by atoms with Crippen LogP contribution in [0.1, 0.15) is 43.7 Å². The topological polar surface area (TPSA) is 128 Å². The molecule has 0 unspecified atom stereocenters. The third-order valence-corrected chi connectivity index (χ3v) is 7.05. The van der Waals surface area contributed by atoms with Crippen molar-refractivity contribution >= 4 is 33.2 Å². The summed E-state index contributed by atoms with van der Waals surface area (Å²) >= 11 is 0.972. The number of methoxy groups -OCH3 is 1. The third kappa shape index (κ3) is 4.99. The molecule has 0 atom stereocenters. The van der Waals surface area contributed by atoms with Crippen molar-refractivity contribution in [3.05, 3.63) is 60.9 Å². The maximum absolute atomic E-state index is 14.2. The number of ether oxygens (including phenoxy) is 1. The predicted octanol–water partition coefficient (Wildman–Crippen LogP) is 2.86. The number of aryl methyl sites for hydroxylation is 1. The number of aromatic nitrogens is 2. The molecule has 1 N–H and O–H groups in total. The molecule has 0 saturated heterocycles. The summed E-state index contributed by atoms with van der Waals surface area (Å²) in [5.74, 6) is -0.808. The molecule has 0 aliphatic carbocycles. The number of carbonyl (C=O) groups excluding carboxylic acids is 1. The summed E-state index contributed by atoms with van der Waals surface area (Å²) in [6, 6.07) is 5.64. The Morgan fingerprint density at radius 1 is 1.30 bits per heavy atom. The highest BCUT2D eigenvalue weighted by molar-refractivity contribution is 7.19. The third-order valence-electron chi connectivity index (χ3n) is 5.83. The number of rotatable bonds is 8. The first-order valence-electron chi connectivity index (χ1n) is 11.3. The molecular weight excluding hydrogens is 501 g/mol. The Morgan fingerprint density at radius 2 is 1.97 bits per heavy atom. The quantitative estimate of drug-likeness (QED) is 0.353. The lowest BCUT2D eigenvalue weighted by Crippen LogP contribution is -2.56. The van der Waals surface area contributed by atoms with E-state index in [0.29, 0.717) is 5.56 Å². The van der Waals surface area contributed by atoms with E-state index in [0.717, 1.165) is 15.9 Å². The highest BCUT2D eigenvalue weighted by Gasteiger charge is 2.36. The van der Waals surface area contributed by atoms with Gasteiger partial charge < -0.3 is 14.9 Å². The van der Waals surface area contributed by atoms with Crippen molar-refractivity contribution in [2.75, 3.05) is 14.2 Å². The summed E-state index contributed by atoms with van der Waals surface area (Å²) in [5, 5.41) is 16.5. The van der Waals surface area contributed by atoms with Crippen LogP contribution >= 0.6 is 11.3 Å². The van der Waals surface area contributed by atoms with E-state index in [2.05, 4.69) is 16.5 Å². The summed E-state index contributed by atoms with van der Waals surface area (Å²) in [4.78, 5) is 46.1. The van der Waals surface area contributed by atoms with Crippen LogP contribution in [0.4, 0.5) is 4.39 Å². The van der Waals surface area contributed by atoms with Gasteiger partial charge in [0, 0.05) is 11.6 Å². The number of nitriles is 1. The molecule has 37 heavy (non-hydrogen) atoms. The van der Waals surface area contributed by atoms with Gasteiger partial charge in [-0.1, -0.05) is 5.16 Å². The molecular formula is C25H28FN5O5S. The standard InChI is InChI=1S/C25H28FN5O5S/c1-13(2)28-23(33)25(4,5)31-21(32)20-14(3)19(11-27)37-22(20)30(24(31)34)12-17(29-36-7)16-10-15(26)8-9-18(16)35-6/h8-10,13H,12H2,1-7H3,(H,28,33)/b29-17-. The van der Waals surface area contributed by atoms with E-state index in [-0.39, 0.29) is 44.7 Å². The van der Waals surface area contributed by atoms with E-state index in [1.807, 2.05) is 0 Å². The lowest BCUT2D eigenvalue weighted by molar-refractivity contribution is -0.129. The van der Waals surface area contributed by atoms with Gasteiger partial charge in [-0.05, 0) is 58.4 Å². The van der Waals surface area contributed by atoms with Gasteiger partial charge in [0.25, 0.3) is 5.56 Å². The Kier molecular flexibility index (Phi) is 7.88. The number of hydrogen-bond acceptors (Lipinski definition) is 8. The molecule has 2 aromatic heterocycles. The van der Waals surface area contributed by atoms with Crippen LogP contribution < -0.4 is 21.3 Å². The fraction of sp³-hybridized carbons (Fsp3) is 0.400. The molecule has 0 fully saturated rings. The second-order valence-electron chi connectivity index (χ2n) is 9.11. The summed E-state index contributed by atoms with van der Waals surface area (Å²) in [7, 11) is 2.71. The molecule has 12 heteroatoms. The van der Waals surface area contributed by atoms with Crippen LogP contribution in [0.5, 0.6) is 5.75 Å². The van der Waals surface area contributed by atoms with Crippen LogP contribution in [-0.4, -0.2) is 41.0 Å². The molecule has 0 aliphatic rings. The normalized spacial score (nSPS) is 12.1. The van der Waals surface area contributed by atoms with Crippen molar-refractivity contribution in [2.45, 2.75) is 52.7 Å². The van der Waals surface area contributed by atoms with E-state index in [1.165, 1.54) is 50.8 Å². The van der Waals surface area contributed by atoms with E-state index in [4.69, 9.17) is 9.57 Å². The minimum atomic E-state index is -1.58. The number of fused-ring (bicyclic) bond motifs is 1. The van der Waals surface area contributed by atoms with Crippen molar-refractivity contribution in [3.8, 4) is 11.8 Å². The maximum Gasteiger partial charge on any atom is 0.333 e. The number of benzene rings is 1. The predicted molar refractivity (Wildman–Crippen MR) is 139 cm³/mol. The first-order chi connectivity index (χ1) is 17.4. The molecule has 1 amide bonds. The first-order valence-corrected chi connectivity index (χ1v) is 12.1. The molecule has 0 aliphatic heterocycles. The van der Waals surface area contributed by atoms with Gasteiger partial charge in [0.1, 0.15) is 45.7 Å². The Hall–Kier alpha value is -3.98. The van der Waals surface area contributed by atoms with Gasteiger partial charge in [0.15, 0.2) is 0 Å². The van der Waals surface area contributed by atoms with Crippen molar-refractivity contribution in [2.24, 2.45) is 5.16 Å². The van der Waals surface area contributed by atoms with Gasteiger partial charge in [-0.25, -0.2) is 13.8 Å². The van der Waals surface area contributed by atoms with Crippen molar-refractivity contribution in [1.29, 1.82) is 5.26 Å². The Balaban J connectivity index is 2.40. The molecule has 3 aromatic rings. The SMILES string of the molecule is CO/N=C(/Cn1c(=O)n(C(C)(C)C(=O)NC(C)C)c(=O)c2c(C)c(C#N)sc21)c1cc(F)ccc1OC. The van der Waals surface area contributed by atoms with Crippen LogP contribution in [0.25, 0.3) is 10.2 Å². The van der Waals surface area contributed by atoms with Gasteiger partial charge in [-0.2, -0.15) is 5.26 Å². The van der Waals surface area contributed by atoms with Crippen LogP contribution in [0.3, 0.4) is 0 Å². The zero-order valence-electron chi connectivity index (χ0n) is 21.6. The number of hydrogen-bond donors (Lipinski definition) is 1. The number of halogens is 1. The fourth-order valence-electron chi connectivity index (χ4n) is 3.95. The van der Waals surface area contributed by atoms with Crippen molar-refractivity contribution in [1.82, 2.24) is 14.5 Å². The maximum atomic E-state index is 14.2. The van der Waals surface area contributed by atoms with Crippen molar-refractivity contribution < 1.29 is 18.8 Å². The highest BCUT2D eigenvalue weighted by atomic mass is 32.1. The van der Waals surface area contributed by atoms with Gasteiger partial charge >= 0.3 is 5.69 Å². The minimum absolute atomic E-state index is 0.126. The zero-order valence-corrected chi connectivity index (χ0v) is 22.4. The lowest BCUT2D eigenvalue weighted by atomic mass is 10.0. The Bertz CT molecular complexity index is 1560. The van der Waals surface area contributed by atoms with Crippen LogP contribution in [-0.2, 0) is 21.7 Å². The summed E-state index contributed by atoms with van der Waals surface area (Å²) < 4.78 is 21.6. The van der Waals surface area contributed by atoms with Crippen LogP contribution in [0, 0.1) is 24.1 Å². The van der Waals surface area contributed by atoms with Gasteiger partial charge in [0.05, 0.1) is 19.0 Å². The lowest BCUT2D eigenvalue weighted by Gasteiger charge is -2.27.